The number of benzene rings is 1. The van der Waals surface area contributed by atoms with Crippen molar-refractivity contribution >= 4 is 29.2 Å². The van der Waals surface area contributed by atoms with Crippen molar-refractivity contribution in [1.82, 2.24) is 0 Å². The number of ether oxygens (including phenoxy) is 1. The number of carbonyl (C=O) groups is 1. The van der Waals surface area contributed by atoms with E-state index < -0.39 is 12.0 Å². The van der Waals surface area contributed by atoms with E-state index in [1.807, 2.05) is 0 Å². The number of halogens is 2. The van der Waals surface area contributed by atoms with Crippen LogP contribution in [0.5, 0.6) is 0 Å². The first-order chi connectivity index (χ1) is 6.54. The van der Waals surface area contributed by atoms with E-state index in [0.717, 1.165) is 0 Å². The molecule has 0 aliphatic carbocycles. The molecule has 0 bridgehead atoms. The van der Waals surface area contributed by atoms with E-state index >= 15 is 0 Å². The van der Waals surface area contributed by atoms with Gasteiger partial charge < -0.3 is 10.5 Å². The molecule has 0 heterocycles. The van der Waals surface area contributed by atoms with Gasteiger partial charge in [0.25, 0.3) is 0 Å². The number of nitrogens with two attached hydrogens (primary N) is 1. The summed E-state index contributed by atoms with van der Waals surface area (Å²) in [5.74, 6) is -0.525. The van der Waals surface area contributed by atoms with Crippen LogP contribution in [0.25, 0.3) is 0 Å². The summed E-state index contributed by atoms with van der Waals surface area (Å²) in [7, 11) is 1.27. The quantitative estimate of drug-likeness (QED) is 0.797. The Labute approximate surface area is 91.7 Å². The largest absolute Gasteiger partial charge is 0.468 e. The van der Waals surface area contributed by atoms with Gasteiger partial charge in [-0.2, -0.15) is 0 Å². The summed E-state index contributed by atoms with van der Waals surface area (Å²) in [4.78, 5) is 11.1. The minimum atomic E-state index is -0.851. The minimum absolute atomic E-state index is 0.437. The van der Waals surface area contributed by atoms with E-state index in [1.165, 1.54) is 7.11 Å². The first-order valence-corrected chi connectivity index (χ1v) is 4.59. The average Bonchev–Trinajstić information content (AvgIpc) is 2.14. The van der Waals surface area contributed by atoms with Crippen molar-refractivity contribution in [3.05, 3.63) is 33.8 Å². The van der Waals surface area contributed by atoms with Crippen LogP contribution in [-0.4, -0.2) is 13.1 Å². The standard InChI is InChI=1S/C9H9Cl2NO2/c1-14-9(13)8(12)5-2-6(10)4-7(11)3-5/h2-4,8H,12H2,1H3. The minimum Gasteiger partial charge on any atom is -0.468 e. The number of hydrogen-bond acceptors (Lipinski definition) is 3. The molecule has 1 aromatic carbocycles. The monoisotopic (exact) mass is 233 g/mol. The molecule has 1 aromatic rings. The van der Waals surface area contributed by atoms with Crippen LogP contribution >= 0.6 is 23.2 Å². The van der Waals surface area contributed by atoms with Crippen molar-refractivity contribution in [3.63, 3.8) is 0 Å². The zero-order valence-electron chi connectivity index (χ0n) is 7.46. The summed E-state index contributed by atoms with van der Waals surface area (Å²) >= 11 is 11.5. The van der Waals surface area contributed by atoms with E-state index in [0.29, 0.717) is 15.6 Å². The molecule has 0 aliphatic rings. The summed E-state index contributed by atoms with van der Waals surface area (Å²) in [6.07, 6.45) is 0. The first kappa shape index (κ1) is 11.3. The molecule has 0 aliphatic heterocycles. The van der Waals surface area contributed by atoms with Gasteiger partial charge in [-0.15, -0.1) is 0 Å². The summed E-state index contributed by atoms with van der Waals surface area (Å²) in [5, 5.41) is 0.874. The van der Waals surface area contributed by atoms with Crippen molar-refractivity contribution in [2.75, 3.05) is 7.11 Å². The third-order valence-electron chi connectivity index (χ3n) is 1.70. The molecule has 0 spiro atoms. The fourth-order valence-corrected chi connectivity index (χ4v) is 1.56. The van der Waals surface area contributed by atoms with Crippen LogP contribution in [-0.2, 0) is 9.53 Å². The predicted octanol–water partition coefficient (Wildman–Crippen LogP) is 2.17. The Balaban J connectivity index is 3.00. The molecule has 2 N–H and O–H groups in total. The number of carbonyl (C=O) groups excluding carboxylic acids is 1. The molecular weight excluding hydrogens is 225 g/mol. The van der Waals surface area contributed by atoms with Crippen molar-refractivity contribution in [2.45, 2.75) is 6.04 Å². The van der Waals surface area contributed by atoms with Gasteiger partial charge in [-0.25, -0.2) is 0 Å². The average molecular weight is 234 g/mol. The van der Waals surface area contributed by atoms with Gasteiger partial charge in [0.2, 0.25) is 0 Å². The van der Waals surface area contributed by atoms with Gasteiger partial charge in [0.1, 0.15) is 6.04 Å². The number of rotatable bonds is 2. The van der Waals surface area contributed by atoms with E-state index in [4.69, 9.17) is 28.9 Å². The maximum atomic E-state index is 11.1. The van der Waals surface area contributed by atoms with E-state index in [1.54, 1.807) is 18.2 Å². The topological polar surface area (TPSA) is 52.3 Å². The maximum absolute atomic E-state index is 11.1. The Bertz CT molecular complexity index is 334. The Morgan fingerprint density at radius 3 is 2.29 bits per heavy atom. The highest BCUT2D eigenvalue weighted by molar-refractivity contribution is 6.34. The van der Waals surface area contributed by atoms with E-state index in [9.17, 15) is 4.79 Å². The Morgan fingerprint density at radius 2 is 1.86 bits per heavy atom. The highest BCUT2D eigenvalue weighted by atomic mass is 35.5. The van der Waals surface area contributed by atoms with Gasteiger partial charge >= 0.3 is 5.97 Å². The SMILES string of the molecule is COC(=O)C(N)c1cc(Cl)cc(Cl)c1. The molecule has 3 nitrogen and oxygen atoms in total. The molecular formula is C9H9Cl2NO2. The third kappa shape index (κ3) is 2.61. The highest BCUT2D eigenvalue weighted by Gasteiger charge is 2.16. The zero-order valence-corrected chi connectivity index (χ0v) is 8.97. The maximum Gasteiger partial charge on any atom is 0.327 e. The second-order valence-corrected chi connectivity index (χ2v) is 3.58. The fraction of sp³-hybridized carbons (Fsp3) is 0.222. The predicted molar refractivity (Wildman–Crippen MR) is 55.4 cm³/mol. The molecule has 0 radical (unpaired) electrons. The Morgan fingerprint density at radius 1 is 1.36 bits per heavy atom. The van der Waals surface area contributed by atoms with Crippen LogP contribution in [0.2, 0.25) is 10.0 Å². The molecule has 0 aromatic heterocycles. The van der Waals surface area contributed by atoms with Crippen LogP contribution in [0.4, 0.5) is 0 Å². The van der Waals surface area contributed by atoms with Crippen LogP contribution in [0.1, 0.15) is 11.6 Å². The number of esters is 1. The molecule has 0 saturated heterocycles. The summed E-state index contributed by atoms with van der Waals surface area (Å²) in [6.45, 7) is 0. The lowest BCUT2D eigenvalue weighted by Crippen LogP contribution is -2.22. The van der Waals surface area contributed by atoms with Gasteiger partial charge in [-0.05, 0) is 23.8 Å². The van der Waals surface area contributed by atoms with Crippen LogP contribution in [0.3, 0.4) is 0 Å². The Hall–Kier alpha value is -0.770. The van der Waals surface area contributed by atoms with E-state index in [-0.39, 0.29) is 0 Å². The summed E-state index contributed by atoms with van der Waals surface area (Å²) < 4.78 is 4.50. The number of hydrogen-bond donors (Lipinski definition) is 1. The molecule has 14 heavy (non-hydrogen) atoms. The molecule has 0 fully saturated rings. The van der Waals surface area contributed by atoms with Gasteiger partial charge in [0, 0.05) is 10.0 Å². The van der Waals surface area contributed by atoms with Crippen molar-refractivity contribution in [2.24, 2.45) is 5.73 Å². The lowest BCUT2D eigenvalue weighted by atomic mass is 10.1. The molecule has 1 rings (SSSR count). The lowest BCUT2D eigenvalue weighted by molar-refractivity contribution is -0.142. The Kier molecular flexibility index (Phi) is 3.75. The normalized spacial score (nSPS) is 12.3. The van der Waals surface area contributed by atoms with Gasteiger partial charge in [0.05, 0.1) is 7.11 Å². The molecule has 1 unspecified atom stereocenters. The van der Waals surface area contributed by atoms with Gasteiger partial charge in [0.15, 0.2) is 0 Å². The van der Waals surface area contributed by atoms with Crippen LogP contribution in [0, 0.1) is 0 Å². The smallest absolute Gasteiger partial charge is 0.327 e. The fourth-order valence-electron chi connectivity index (χ4n) is 1.02. The van der Waals surface area contributed by atoms with Crippen LogP contribution < -0.4 is 5.73 Å². The van der Waals surface area contributed by atoms with Crippen LogP contribution in [0.15, 0.2) is 18.2 Å². The molecule has 1 atom stereocenters. The molecule has 0 saturated carbocycles. The molecule has 0 amide bonds. The van der Waals surface area contributed by atoms with Gasteiger partial charge in [-0.1, -0.05) is 23.2 Å². The van der Waals surface area contributed by atoms with Crippen molar-refractivity contribution in [3.8, 4) is 0 Å². The molecule has 5 heteroatoms. The van der Waals surface area contributed by atoms with E-state index in [2.05, 4.69) is 4.74 Å². The van der Waals surface area contributed by atoms with Crippen molar-refractivity contribution in [1.29, 1.82) is 0 Å². The zero-order chi connectivity index (χ0) is 10.7. The van der Waals surface area contributed by atoms with Crippen molar-refractivity contribution < 1.29 is 9.53 Å². The summed E-state index contributed by atoms with van der Waals surface area (Å²) in [6, 6.07) is 3.87. The molecule has 76 valence electrons. The van der Waals surface area contributed by atoms with Gasteiger partial charge in [-0.3, -0.25) is 4.79 Å². The number of methoxy groups -OCH3 is 1. The lowest BCUT2D eigenvalue weighted by Gasteiger charge is -2.09. The third-order valence-corrected chi connectivity index (χ3v) is 2.14. The highest BCUT2D eigenvalue weighted by Crippen LogP contribution is 2.22. The second-order valence-electron chi connectivity index (χ2n) is 2.70. The first-order valence-electron chi connectivity index (χ1n) is 3.84. The summed E-state index contributed by atoms with van der Waals surface area (Å²) in [5.41, 5.74) is 6.13. The second kappa shape index (κ2) is 4.64.